The first-order chi connectivity index (χ1) is 54.6. The Labute approximate surface area is 632 Å². The van der Waals surface area contributed by atoms with Crippen molar-refractivity contribution in [3.05, 3.63) is 376 Å². The van der Waals surface area contributed by atoms with Gasteiger partial charge in [-0.05, 0) is 164 Å². The van der Waals surface area contributed by atoms with Gasteiger partial charge in [0.2, 0.25) is 0 Å². The molecule has 2 aliphatic heterocycles. The molecule has 2 aliphatic rings. The molecule has 8 nitrogen and oxygen atoms in total. The molecule has 0 aliphatic carbocycles. The fraction of sp³-hybridized carbons (Fsp3) is 0. The van der Waals surface area contributed by atoms with E-state index < -0.39 is 0 Å². The third kappa shape index (κ3) is 9.33. The topological polar surface area (TPSA) is 67.9 Å². The van der Waals surface area contributed by atoms with Crippen molar-refractivity contribution in [2.45, 2.75) is 0 Å². The Morgan fingerprint density at radius 3 is 1.29 bits per heavy atom. The Balaban J connectivity index is 0.000000132. The lowest BCUT2D eigenvalue weighted by Gasteiger charge is -2.35. The third-order valence-electron chi connectivity index (χ3n) is 22.8. The van der Waals surface area contributed by atoms with Gasteiger partial charge in [0.1, 0.15) is 5.82 Å². The molecule has 4 aromatic heterocycles. The van der Waals surface area contributed by atoms with Gasteiger partial charge < -0.3 is 14.4 Å². The van der Waals surface area contributed by atoms with Crippen LogP contribution in [0.5, 0.6) is 0 Å². The molecule has 0 bridgehead atoms. The molecule has 0 fully saturated rings. The predicted molar refractivity (Wildman–Crippen MR) is 459 cm³/mol. The molecule has 0 saturated heterocycles. The molecular weight excluding hydrogens is 1340 g/mol. The summed E-state index contributed by atoms with van der Waals surface area (Å²) in [5, 5.41) is 19.1. The Kier molecular flexibility index (Phi) is 13.6. The van der Waals surface area contributed by atoms with Gasteiger partial charge in [0.15, 0.2) is 11.6 Å². The maximum absolute atomic E-state index is 5.48. The Morgan fingerprint density at radius 2 is 0.664 bits per heavy atom. The zero-order chi connectivity index (χ0) is 72.1. The van der Waals surface area contributed by atoms with Gasteiger partial charge in [0, 0.05) is 87.7 Å². The molecule has 0 atom stereocenters. The summed E-state index contributed by atoms with van der Waals surface area (Å²) in [6.07, 6.45) is 0. The first kappa shape index (κ1) is 61.4. The van der Waals surface area contributed by atoms with E-state index in [4.69, 9.17) is 19.9 Å². The van der Waals surface area contributed by atoms with Gasteiger partial charge in [0.05, 0.1) is 67.2 Å². The van der Waals surface area contributed by atoms with Gasteiger partial charge >= 0.3 is 0 Å². The van der Waals surface area contributed by atoms with Crippen LogP contribution < -0.4 is 9.80 Å². The lowest BCUT2D eigenvalue weighted by Crippen LogP contribution is -2.15. The molecule has 0 radical (unpaired) electrons. The van der Waals surface area contributed by atoms with E-state index in [1.54, 1.807) is 0 Å². The molecule has 18 aromatic carbocycles. The van der Waals surface area contributed by atoms with Gasteiger partial charge in [-0.25, -0.2) is 19.9 Å². The molecule has 0 saturated carbocycles. The molecule has 6 heterocycles. The van der Waals surface area contributed by atoms with Crippen LogP contribution in [0.2, 0.25) is 0 Å². The molecule has 110 heavy (non-hydrogen) atoms. The number of hydrogen-bond donors (Lipinski definition) is 0. The highest BCUT2D eigenvalue weighted by Crippen LogP contribution is 2.56. The Morgan fingerprint density at radius 1 is 0.209 bits per heavy atom. The number of benzene rings is 18. The number of hydrogen-bond acceptors (Lipinski definition) is 6. The summed E-state index contributed by atoms with van der Waals surface area (Å²) in [5.41, 5.74) is 23.5. The van der Waals surface area contributed by atoms with E-state index in [1.807, 2.05) is 0 Å². The van der Waals surface area contributed by atoms with Crippen LogP contribution in [0.25, 0.3) is 187 Å². The Hall–Kier alpha value is -14.9. The minimum atomic E-state index is 0.700. The van der Waals surface area contributed by atoms with E-state index in [0.29, 0.717) is 11.6 Å². The number of anilines is 6. The van der Waals surface area contributed by atoms with E-state index >= 15 is 0 Å². The third-order valence-corrected chi connectivity index (χ3v) is 22.8. The lowest BCUT2D eigenvalue weighted by molar-refractivity contribution is 1.08. The minimum absolute atomic E-state index is 0.700. The quantitative estimate of drug-likeness (QED) is 0.158. The predicted octanol–water partition coefficient (Wildman–Crippen LogP) is 27.1. The molecule has 0 spiro atoms. The van der Waals surface area contributed by atoms with E-state index in [9.17, 15) is 0 Å². The van der Waals surface area contributed by atoms with Crippen LogP contribution in [0.4, 0.5) is 34.1 Å². The van der Waals surface area contributed by atoms with Crippen molar-refractivity contribution in [1.82, 2.24) is 29.1 Å². The zero-order valence-corrected chi connectivity index (χ0v) is 59.4. The van der Waals surface area contributed by atoms with Crippen LogP contribution in [0.1, 0.15) is 0 Å². The van der Waals surface area contributed by atoms with E-state index in [1.165, 1.54) is 115 Å². The summed E-state index contributed by atoms with van der Waals surface area (Å²) in [6, 6.07) is 135. The lowest BCUT2D eigenvalue weighted by atomic mass is 9.87. The first-order valence-corrected chi connectivity index (χ1v) is 37.5. The van der Waals surface area contributed by atoms with Gasteiger partial charge in [-0.1, -0.05) is 261 Å². The van der Waals surface area contributed by atoms with Crippen LogP contribution in [0.3, 0.4) is 0 Å². The normalized spacial score (nSPS) is 12.3. The van der Waals surface area contributed by atoms with Gasteiger partial charge in [-0.15, -0.1) is 0 Å². The van der Waals surface area contributed by atoms with Crippen molar-refractivity contribution in [3.63, 3.8) is 0 Å². The number of nitrogens with zero attached hydrogens (tertiary/aromatic N) is 8. The summed E-state index contributed by atoms with van der Waals surface area (Å²) >= 11 is 0. The highest BCUT2D eigenvalue weighted by atomic mass is 15.2. The fourth-order valence-corrected chi connectivity index (χ4v) is 18.0. The van der Waals surface area contributed by atoms with Crippen LogP contribution in [-0.4, -0.2) is 29.1 Å². The monoisotopic (exact) mass is 1400 g/mol. The number of aromatic nitrogens is 6. The second-order valence-electron chi connectivity index (χ2n) is 28.7. The van der Waals surface area contributed by atoms with Crippen molar-refractivity contribution < 1.29 is 0 Å². The smallest absolute Gasteiger partial charge is 0.162 e. The van der Waals surface area contributed by atoms with Gasteiger partial charge in [0.25, 0.3) is 0 Å². The van der Waals surface area contributed by atoms with Crippen molar-refractivity contribution in [3.8, 4) is 67.8 Å². The highest BCUT2D eigenvalue weighted by molar-refractivity contribution is 6.23. The number of para-hydroxylation sites is 6. The van der Waals surface area contributed by atoms with Crippen LogP contribution in [0, 0.1) is 0 Å². The van der Waals surface area contributed by atoms with E-state index in [0.717, 1.165) is 94.4 Å². The SMILES string of the molecule is c1ccc(-n2c3ccccc3c3ccc(-c4nc(-c5ccc(N6c7ccc8ccccc8c7-c7cccc8cccc6c78)cc5)nc5ccccc45)cc32)cc1.c1ccc2c3c(ccc2c1)N(c1ccc(-c2nc(-n4c5ccccc5c5ccccc54)c4ccccc4n2)c2ccccc12)c1cccc2cccc-3c12. The van der Waals surface area contributed by atoms with Crippen molar-refractivity contribution in [2.75, 3.05) is 9.80 Å². The standard InChI is InChI=1S/C52H32N4.C50H30N4/c1-2-15-37(16-3-1)55-45-22-9-7-18-40(45)41-30-26-36(32-48(41)55)51-42-19-6-8-21-44(42)53-52(54-51)35-24-28-38(29-25-35)56-46-23-11-14-34-13-10-20-43(49(34)46)50-39-17-5-4-12-33(39)27-31-47(50)56;1-2-16-33-31(13-1)27-29-46-48(33)40-22-11-14-32-15-12-26-45(47(32)40)53(46)44-30-28-38(34-17-3-4-18-35(34)44)49-51-41-23-8-5-21-39(41)50(52-49)54-42-24-9-6-19-36(42)37-20-7-10-25-43(37)54/h1-32H;1-30H. The summed E-state index contributed by atoms with van der Waals surface area (Å²) in [6.45, 7) is 0. The molecule has 0 N–H and O–H groups in total. The van der Waals surface area contributed by atoms with E-state index in [-0.39, 0.29) is 0 Å². The maximum Gasteiger partial charge on any atom is 0.162 e. The van der Waals surface area contributed by atoms with Crippen molar-refractivity contribution >= 4 is 153 Å². The second-order valence-corrected chi connectivity index (χ2v) is 28.7. The van der Waals surface area contributed by atoms with Crippen LogP contribution >= 0.6 is 0 Å². The Bertz CT molecular complexity index is 7560. The molecule has 0 unspecified atom stereocenters. The number of rotatable bonds is 7. The zero-order valence-electron chi connectivity index (χ0n) is 59.4. The van der Waals surface area contributed by atoms with Crippen LogP contribution in [0.15, 0.2) is 376 Å². The van der Waals surface area contributed by atoms with Crippen molar-refractivity contribution in [1.29, 1.82) is 0 Å². The van der Waals surface area contributed by atoms with Crippen LogP contribution in [-0.2, 0) is 0 Å². The summed E-state index contributed by atoms with van der Waals surface area (Å²) in [4.78, 5) is 26.1. The molecule has 24 rings (SSSR count). The summed E-state index contributed by atoms with van der Waals surface area (Å²) in [7, 11) is 0. The molecular formula is C102H62N8. The average molecular weight is 1400 g/mol. The average Bonchev–Trinajstić information content (AvgIpc) is 1.07. The van der Waals surface area contributed by atoms with Gasteiger partial charge in [-0.3, -0.25) is 4.57 Å². The molecule has 0 amide bonds. The van der Waals surface area contributed by atoms with Gasteiger partial charge in [-0.2, -0.15) is 0 Å². The largest absolute Gasteiger partial charge is 0.309 e. The molecule has 22 aromatic rings. The summed E-state index contributed by atoms with van der Waals surface area (Å²) in [5.74, 6) is 2.28. The molecule has 8 heteroatoms. The fourth-order valence-electron chi connectivity index (χ4n) is 18.0. The van der Waals surface area contributed by atoms with Crippen molar-refractivity contribution in [2.24, 2.45) is 0 Å². The number of fused-ring (bicyclic) bond motifs is 17. The van der Waals surface area contributed by atoms with E-state index in [2.05, 4.69) is 395 Å². The highest BCUT2D eigenvalue weighted by Gasteiger charge is 2.31. The maximum atomic E-state index is 5.48. The first-order valence-electron chi connectivity index (χ1n) is 37.5. The molecule has 510 valence electrons. The summed E-state index contributed by atoms with van der Waals surface area (Å²) < 4.78 is 4.67. The minimum Gasteiger partial charge on any atom is -0.309 e. The second kappa shape index (κ2) is 24.3.